The number of guanidine groups is 1. The predicted octanol–water partition coefficient (Wildman–Crippen LogP) is 3.35. The summed E-state index contributed by atoms with van der Waals surface area (Å²) >= 11 is 0. The average Bonchev–Trinajstić information content (AvgIpc) is 2.90. The zero-order chi connectivity index (χ0) is 20.0. The van der Waals surface area contributed by atoms with Gasteiger partial charge in [-0.1, -0.05) is 24.3 Å². The lowest BCUT2D eigenvalue weighted by Gasteiger charge is -2.13. The van der Waals surface area contributed by atoms with Crippen LogP contribution in [0.2, 0.25) is 0 Å². The van der Waals surface area contributed by atoms with E-state index in [1.807, 2.05) is 18.2 Å². The van der Waals surface area contributed by atoms with E-state index in [9.17, 15) is 13.2 Å². The third-order valence-electron chi connectivity index (χ3n) is 3.90. The number of nitrogens with two attached hydrogens (primary N) is 1. The van der Waals surface area contributed by atoms with E-state index < -0.39 is 6.36 Å². The molecule has 2 aromatic rings. The highest BCUT2D eigenvalue weighted by Crippen LogP contribution is 2.33. The first-order valence-corrected chi connectivity index (χ1v) is 8.67. The van der Waals surface area contributed by atoms with Gasteiger partial charge >= 0.3 is 6.36 Å². The molecule has 3 N–H and O–H groups in total. The molecule has 9 heteroatoms. The number of ether oxygens (including phenoxy) is 3. The summed E-state index contributed by atoms with van der Waals surface area (Å²) in [6.45, 7) is 1.82. The second kappa shape index (κ2) is 8.73. The summed E-state index contributed by atoms with van der Waals surface area (Å²) in [4.78, 5) is 4.19. The molecule has 0 radical (unpaired) electrons. The Morgan fingerprint density at radius 1 is 1.11 bits per heavy atom. The number of alkyl halides is 3. The molecule has 1 aliphatic heterocycles. The maximum atomic E-state index is 12.2. The van der Waals surface area contributed by atoms with Crippen LogP contribution in [0.1, 0.15) is 17.5 Å². The van der Waals surface area contributed by atoms with Gasteiger partial charge in [-0.05, 0) is 23.8 Å². The van der Waals surface area contributed by atoms with Crippen LogP contribution in [0.5, 0.6) is 17.2 Å². The lowest BCUT2D eigenvalue weighted by molar-refractivity contribution is -0.274. The molecule has 0 aromatic heterocycles. The Hall–Kier alpha value is -3.10. The predicted molar refractivity (Wildman–Crippen MR) is 97.3 cm³/mol. The lowest BCUT2D eigenvalue weighted by Crippen LogP contribution is -2.31. The van der Waals surface area contributed by atoms with Gasteiger partial charge in [0.2, 0.25) is 0 Å². The molecule has 0 bridgehead atoms. The van der Waals surface area contributed by atoms with Gasteiger partial charge in [0.25, 0.3) is 0 Å². The molecule has 0 atom stereocenters. The molecule has 1 aliphatic rings. The monoisotopic (exact) mass is 395 g/mol. The van der Waals surface area contributed by atoms with Crippen LogP contribution < -0.4 is 25.3 Å². The number of para-hydroxylation sites is 1. The van der Waals surface area contributed by atoms with Crippen LogP contribution in [-0.2, 0) is 13.1 Å². The maximum Gasteiger partial charge on any atom is 0.573 e. The Balaban J connectivity index is 1.55. The number of hydrogen-bond donors (Lipinski definition) is 2. The van der Waals surface area contributed by atoms with Gasteiger partial charge in [0.15, 0.2) is 17.5 Å². The largest absolute Gasteiger partial charge is 0.573 e. The van der Waals surface area contributed by atoms with Crippen LogP contribution in [0.15, 0.2) is 47.5 Å². The number of benzene rings is 2. The molecule has 3 rings (SSSR count). The average molecular weight is 395 g/mol. The minimum atomic E-state index is -4.71. The van der Waals surface area contributed by atoms with E-state index >= 15 is 0 Å². The van der Waals surface area contributed by atoms with Crippen LogP contribution in [0.25, 0.3) is 0 Å². The number of nitrogens with zero attached hydrogens (tertiary/aromatic N) is 1. The minimum absolute atomic E-state index is 0.211. The van der Waals surface area contributed by atoms with Gasteiger partial charge in [-0.2, -0.15) is 0 Å². The summed E-state index contributed by atoms with van der Waals surface area (Å²) in [5, 5.41) is 3.00. The van der Waals surface area contributed by atoms with E-state index in [1.165, 1.54) is 24.3 Å². The number of nitrogens with one attached hydrogen (secondary N) is 1. The first-order chi connectivity index (χ1) is 13.4. The zero-order valence-corrected chi connectivity index (χ0v) is 15.0. The van der Waals surface area contributed by atoms with Gasteiger partial charge in [0.1, 0.15) is 5.75 Å². The molecule has 0 saturated carbocycles. The molecular weight excluding hydrogens is 375 g/mol. The Morgan fingerprint density at radius 3 is 2.61 bits per heavy atom. The minimum Gasteiger partial charge on any atom is -0.490 e. The summed E-state index contributed by atoms with van der Waals surface area (Å²) in [7, 11) is 0. The highest BCUT2D eigenvalue weighted by molar-refractivity contribution is 5.77. The first kappa shape index (κ1) is 19.7. The molecule has 0 unspecified atom stereocenters. The van der Waals surface area contributed by atoms with Crippen molar-refractivity contribution in [1.29, 1.82) is 0 Å². The Kier molecular flexibility index (Phi) is 6.13. The first-order valence-electron chi connectivity index (χ1n) is 8.67. The van der Waals surface area contributed by atoms with Crippen molar-refractivity contribution in [3.05, 3.63) is 53.6 Å². The SMILES string of the molecule is NC(=NCc1ccc(OC(F)(F)F)cc1)NCc1cccc2c1OCCCO2. The van der Waals surface area contributed by atoms with E-state index in [4.69, 9.17) is 15.2 Å². The molecule has 2 aromatic carbocycles. The molecular formula is C19H20F3N3O3. The Bertz CT molecular complexity index is 823. The van der Waals surface area contributed by atoms with Gasteiger partial charge < -0.3 is 25.3 Å². The summed E-state index contributed by atoms with van der Waals surface area (Å²) in [5.74, 6) is 1.33. The zero-order valence-electron chi connectivity index (χ0n) is 15.0. The molecule has 150 valence electrons. The van der Waals surface area contributed by atoms with E-state index in [2.05, 4.69) is 15.0 Å². The normalized spacial score (nSPS) is 14.3. The summed E-state index contributed by atoms with van der Waals surface area (Å²) in [6.07, 6.45) is -3.89. The third kappa shape index (κ3) is 5.70. The van der Waals surface area contributed by atoms with Crippen molar-refractivity contribution in [2.75, 3.05) is 13.2 Å². The Labute approximate surface area is 160 Å². The van der Waals surface area contributed by atoms with Crippen LogP contribution in [0.4, 0.5) is 13.2 Å². The number of aliphatic imine (C=N–C) groups is 1. The number of hydrogen-bond acceptors (Lipinski definition) is 4. The van der Waals surface area contributed by atoms with Crippen molar-refractivity contribution in [2.24, 2.45) is 10.7 Å². The highest BCUT2D eigenvalue weighted by Gasteiger charge is 2.30. The summed E-state index contributed by atoms with van der Waals surface area (Å²) < 4.78 is 51.7. The lowest BCUT2D eigenvalue weighted by atomic mass is 10.2. The van der Waals surface area contributed by atoms with E-state index in [-0.39, 0.29) is 18.3 Å². The van der Waals surface area contributed by atoms with E-state index in [0.717, 1.165) is 12.0 Å². The second-order valence-electron chi connectivity index (χ2n) is 6.04. The van der Waals surface area contributed by atoms with Gasteiger partial charge in [-0.25, -0.2) is 4.99 Å². The van der Waals surface area contributed by atoms with Crippen LogP contribution >= 0.6 is 0 Å². The molecule has 28 heavy (non-hydrogen) atoms. The maximum absolute atomic E-state index is 12.2. The smallest absolute Gasteiger partial charge is 0.490 e. The van der Waals surface area contributed by atoms with Gasteiger partial charge in [0, 0.05) is 18.5 Å². The summed E-state index contributed by atoms with van der Waals surface area (Å²) in [5.41, 5.74) is 7.48. The summed E-state index contributed by atoms with van der Waals surface area (Å²) in [6, 6.07) is 11.1. The van der Waals surface area contributed by atoms with Crippen molar-refractivity contribution in [3.8, 4) is 17.2 Å². The highest BCUT2D eigenvalue weighted by atomic mass is 19.4. The molecule has 0 amide bonds. The third-order valence-corrected chi connectivity index (χ3v) is 3.90. The van der Waals surface area contributed by atoms with E-state index in [1.54, 1.807) is 0 Å². The van der Waals surface area contributed by atoms with Crippen molar-refractivity contribution in [2.45, 2.75) is 25.9 Å². The van der Waals surface area contributed by atoms with Gasteiger partial charge in [-0.3, -0.25) is 0 Å². The molecule has 1 heterocycles. The molecule has 0 aliphatic carbocycles. The van der Waals surface area contributed by atoms with Crippen LogP contribution in [-0.4, -0.2) is 25.5 Å². The van der Waals surface area contributed by atoms with Gasteiger partial charge in [-0.15, -0.1) is 13.2 Å². The van der Waals surface area contributed by atoms with Crippen molar-refractivity contribution in [1.82, 2.24) is 5.32 Å². The fourth-order valence-corrected chi connectivity index (χ4v) is 2.61. The van der Waals surface area contributed by atoms with Crippen molar-refractivity contribution >= 4 is 5.96 Å². The van der Waals surface area contributed by atoms with Crippen LogP contribution in [0, 0.1) is 0 Å². The molecule has 0 fully saturated rings. The quantitative estimate of drug-likeness (QED) is 0.600. The van der Waals surface area contributed by atoms with Crippen molar-refractivity contribution in [3.63, 3.8) is 0 Å². The number of fused-ring (bicyclic) bond motifs is 1. The molecule has 0 saturated heterocycles. The standard InChI is InChI=1S/C19H20F3N3O3/c20-19(21,22)28-15-7-5-13(6-8-15)11-24-18(23)25-12-14-3-1-4-16-17(14)27-10-2-9-26-16/h1,3-8H,2,9-12H2,(H3,23,24,25). The number of rotatable bonds is 5. The van der Waals surface area contributed by atoms with Gasteiger partial charge in [0.05, 0.1) is 19.8 Å². The second-order valence-corrected chi connectivity index (χ2v) is 6.04. The van der Waals surface area contributed by atoms with E-state index in [0.29, 0.717) is 36.8 Å². The van der Waals surface area contributed by atoms with Crippen molar-refractivity contribution < 1.29 is 27.4 Å². The molecule has 0 spiro atoms. The number of halogens is 3. The fraction of sp³-hybridized carbons (Fsp3) is 0.316. The van der Waals surface area contributed by atoms with Crippen LogP contribution in [0.3, 0.4) is 0 Å². The molecule has 6 nitrogen and oxygen atoms in total. The fourth-order valence-electron chi connectivity index (χ4n) is 2.61. The Morgan fingerprint density at radius 2 is 1.86 bits per heavy atom. The topological polar surface area (TPSA) is 78.1 Å².